The fourth-order valence-corrected chi connectivity index (χ4v) is 2.44. The summed E-state index contributed by atoms with van der Waals surface area (Å²) in [6.45, 7) is 8.21. The van der Waals surface area contributed by atoms with E-state index < -0.39 is 0 Å². The molecule has 1 aromatic heterocycles. The van der Waals surface area contributed by atoms with E-state index >= 15 is 0 Å². The minimum atomic E-state index is -0.371. The second kappa shape index (κ2) is 4.72. The molecule has 0 N–H and O–H groups in total. The summed E-state index contributed by atoms with van der Waals surface area (Å²) in [5.74, 6) is 0.804. The van der Waals surface area contributed by atoms with Crippen molar-refractivity contribution < 1.29 is 14.0 Å². The molecule has 0 atom stereocenters. The molecule has 1 fully saturated rings. The van der Waals surface area contributed by atoms with Crippen LogP contribution < -0.4 is 10.2 Å². The highest BCUT2D eigenvalue weighted by molar-refractivity contribution is 6.62. The van der Waals surface area contributed by atoms with E-state index in [4.69, 9.17) is 14.0 Å². The van der Waals surface area contributed by atoms with Crippen molar-refractivity contribution in [2.45, 2.75) is 38.9 Å². The molecule has 1 saturated heterocycles. The van der Waals surface area contributed by atoms with Crippen molar-refractivity contribution in [1.82, 2.24) is 4.98 Å². The van der Waals surface area contributed by atoms with Crippen molar-refractivity contribution in [1.29, 1.82) is 0 Å². The van der Waals surface area contributed by atoms with E-state index in [0.717, 1.165) is 22.1 Å². The van der Waals surface area contributed by atoms with E-state index in [2.05, 4.69) is 32.7 Å². The van der Waals surface area contributed by atoms with Crippen LogP contribution in [-0.4, -0.2) is 30.4 Å². The molecule has 4 nitrogen and oxygen atoms in total. The molecule has 1 aliphatic rings. The molecule has 110 valence electrons. The minimum absolute atomic E-state index is 0.342. The summed E-state index contributed by atoms with van der Waals surface area (Å²) in [7, 11) is 1.29. The van der Waals surface area contributed by atoms with Crippen molar-refractivity contribution in [3.8, 4) is 5.75 Å². The Balaban J connectivity index is 2.03. The third-order valence-electron chi connectivity index (χ3n) is 4.47. The molecular weight excluding hydrogens is 265 g/mol. The Morgan fingerprint density at radius 1 is 1.05 bits per heavy atom. The second-order valence-electron chi connectivity index (χ2n) is 6.38. The summed E-state index contributed by atoms with van der Waals surface area (Å²) in [6.07, 6.45) is 1.75. The van der Waals surface area contributed by atoms with Crippen molar-refractivity contribution in [3.05, 3.63) is 30.5 Å². The third kappa shape index (κ3) is 2.30. The summed E-state index contributed by atoms with van der Waals surface area (Å²) in [5.41, 5.74) is 1.19. The highest BCUT2D eigenvalue weighted by Gasteiger charge is 2.51. The maximum Gasteiger partial charge on any atom is 0.494 e. The molecule has 2 heterocycles. The molecule has 3 rings (SSSR count). The van der Waals surface area contributed by atoms with Crippen LogP contribution in [0.3, 0.4) is 0 Å². The van der Waals surface area contributed by atoms with Crippen LogP contribution in [0.25, 0.3) is 10.9 Å². The largest absolute Gasteiger partial charge is 0.496 e. The van der Waals surface area contributed by atoms with Crippen LogP contribution in [0, 0.1) is 0 Å². The molecule has 21 heavy (non-hydrogen) atoms. The Morgan fingerprint density at radius 3 is 2.33 bits per heavy atom. The lowest BCUT2D eigenvalue weighted by molar-refractivity contribution is 0.00578. The van der Waals surface area contributed by atoms with E-state index in [1.165, 1.54) is 0 Å². The highest BCUT2D eigenvalue weighted by atomic mass is 16.7. The van der Waals surface area contributed by atoms with Gasteiger partial charge in [0.1, 0.15) is 5.75 Å². The third-order valence-corrected chi connectivity index (χ3v) is 4.47. The zero-order chi connectivity index (χ0) is 15.3. The van der Waals surface area contributed by atoms with Gasteiger partial charge >= 0.3 is 7.12 Å². The molecule has 0 aliphatic carbocycles. The molecule has 0 bridgehead atoms. The lowest BCUT2D eigenvalue weighted by Crippen LogP contribution is -2.41. The number of aromatic nitrogens is 1. The number of methoxy groups -OCH3 is 1. The molecule has 0 unspecified atom stereocenters. The smallest absolute Gasteiger partial charge is 0.494 e. The average molecular weight is 285 g/mol. The summed E-state index contributed by atoms with van der Waals surface area (Å²) < 4.78 is 17.6. The molecule has 2 aromatic rings. The van der Waals surface area contributed by atoms with Gasteiger partial charge < -0.3 is 14.0 Å². The van der Waals surface area contributed by atoms with Crippen LogP contribution in [0.4, 0.5) is 0 Å². The molecule has 0 spiro atoms. The molecule has 1 aromatic carbocycles. The summed E-state index contributed by atoms with van der Waals surface area (Å²) in [6, 6.07) is 7.86. The predicted octanol–water partition coefficient (Wildman–Crippen LogP) is 2.54. The van der Waals surface area contributed by atoms with E-state index in [1.807, 2.05) is 24.3 Å². The van der Waals surface area contributed by atoms with Gasteiger partial charge in [0, 0.05) is 11.6 Å². The van der Waals surface area contributed by atoms with Crippen molar-refractivity contribution in [2.24, 2.45) is 0 Å². The summed E-state index contributed by atoms with van der Waals surface area (Å²) in [5, 5.41) is 0.965. The predicted molar refractivity (Wildman–Crippen MR) is 84.0 cm³/mol. The van der Waals surface area contributed by atoms with Crippen molar-refractivity contribution >= 4 is 23.5 Å². The fourth-order valence-electron chi connectivity index (χ4n) is 2.44. The van der Waals surface area contributed by atoms with Crippen LogP contribution in [0.15, 0.2) is 30.5 Å². The van der Waals surface area contributed by atoms with Crippen LogP contribution in [0.5, 0.6) is 5.75 Å². The Morgan fingerprint density at radius 2 is 1.71 bits per heavy atom. The number of ether oxygens (including phenoxy) is 1. The Labute approximate surface area is 125 Å². The number of pyridine rings is 1. The molecule has 0 amide bonds. The van der Waals surface area contributed by atoms with Crippen molar-refractivity contribution in [3.63, 3.8) is 0 Å². The maximum absolute atomic E-state index is 6.09. The first-order valence-electron chi connectivity index (χ1n) is 7.12. The van der Waals surface area contributed by atoms with E-state index in [0.29, 0.717) is 0 Å². The average Bonchev–Trinajstić information content (AvgIpc) is 2.66. The van der Waals surface area contributed by atoms with E-state index in [1.54, 1.807) is 13.3 Å². The van der Waals surface area contributed by atoms with Gasteiger partial charge in [-0.25, -0.2) is 0 Å². The van der Waals surface area contributed by atoms with Gasteiger partial charge in [-0.15, -0.1) is 0 Å². The number of hydrogen-bond acceptors (Lipinski definition) is 4. The topological polar surface area (TPSA) is 40.6 Å². The zero-order valence-electron chi connectivity index (χ0n) is 13.1. The number of benzene rings is 1. The van der Waals surface area contributed by atoms with Gasteiger partial charge in [0.05, 0.1) is 23.8 Å². The van der Waals surface area contributed by atoms with Gasteiger partial charge in [0.2, 0.25) is 0 Å². The van der Waals surface area contributed by atoms with Gasteiger partial charge in [0.15, 0.2) is 0 Å². The van der Waals surface area contributed by atoms with Gasteiger partial charge in [-0.1, -0.05) is 6.07 Å². The lowest BCUT2D eigenvalue weighted by atomic mass is 9.78. The van der Waals surface area contributed by atoms with Crippen LogP contribution in [0.1, 0.15) is 27.7 Å². The van der Waals surface area contributed by atoms with Gasteiger partial charge in [-0.05, 0) is 51.4 Å². The molecule has 5 heteroatoms. The lowest BCUT2D eigenvalue weighted by Gasteiger charge is -2.32. The quantitative estimate of drug-likeness (QED) is 0.795. The summed E-state index contributed by atoms with van der Waals surface area (Å²) in [4.78, 5) is 4.35. The number of rotatable bonds is 2. The molecular formula is C16H20BNO3. The van der Waals surface area contributed by atoms with E-state index in [9.17, 15) is 0 Å². The molecule has 0 radical (unpaired) electrons. The molecule has 0 saturated carbocycles. The summed E-state index contributed by atoms with van der Waals surface area (Å²) >= 11 is 0. The monoisotopic (exact) mass is 285 g/mol. The first kappa shape index (κ1) is 14.4. The SMILES string of the molecule is COc1ccnc2ccc(B3OC(C)(C)C(C)(C)O3)cc12. The standard InChI is InChI=1S/C16H20BNO3/c1-15(2)16(3,4)21-17(20-15)11-6-7-13-12(10-11)14(19-5)8-9-18-13/h6-10H,1-5H3. The Kier molecular flexibility index (Phi) is 3.22. The second-order valence-corrected chi connectivity index (χ2v) is 6.38. The normalized spacial score (nSPS) is 20.0. The van der Waals surface area contributed by atoms with Crippen LogP contribution in [-0.2, 0) is 9.31 Å². The number of hydrogen-bond donors (Lipinski definition) is 0. The van der Waals surface area contributed by atoms with Gasteiger partial charge in [-0.3, -0.25) is 4.98 Å². The van der Waals surface area contributed by atoms with Crippen molar-refractivity contribution in [2.75, 3.05) is 7.11 Å². The zero-order valence-corrected chi connectivity index (χ0v) is 13.1. The van der Waals surface area contributed by atoms with Crippen LogP contribution in [0.2, 0.25) is 0 Å². The number of fused-ring (bicyclic) bond motifs is 1. The van der Waals surface area contributed by atoms with E-state index in [-0.39, 0.29) is 18.3 Å². The first-order valence-corrected chi connectivity index (χ1v) is 7.12. The Bertz CT molecular complexity index is 668. The van der Waals surface area contributed by atoms with Gasteiger partial charge in [0.25, 0.3) is 0 Å². The van der Waals surface area contributed by atoms with Gasteiger partial charge in [-0.2, -0.15) is 0 Å². The Hall–Kier alpha value is -1.59. The minimum Gasteiger partial charge on any atom is -0.496 e. The highest BCUT2D eigenvalue weighted by Crippen LogP contribution is 2.36. The first-order chi connectivity index (χ1) is 9.84. The van der Waals surface area contributed by atoms with Crippen LogP contribution >= 0.6 is 0 Å². The number of nitrogens with zero attached hydrogens (tertiary/aromatic N) is 1. The molecule has 1 aliphatic heterocycles. The fraction of sp³-hybridized carbons (Fsp3) is 0.438. The maximum atomic E-state index is 6.09.